The van der Waals surface area contributed by atoms with Crippen LogP contribution in [0, 0.1) is 0 Å². The van der Waals surface area contributed by atoms with Gasteiger partial charge in [0.05, 0.1) is 0 Å². The first-order chi connectivity index (χ1) is 12.8. The number of carbonyl (C=O) groups excluding carboxylic acids is 1. The molecule has 1 aromatic carbocycles. The minimum Gasteiger partial charge on any atom is -0.369 e. The molecule has 2 aromatic rings. The molecule has 3 rings (SSSR count). The predicted octanol–water partition coefficient (Wildman–Crippen LogP) is 0.727. The molecule has 1 aliphatic rings. The summed E-state index contributed by atoms with van der Waals surface area (Å²) in [7, 11) is -1.67. The van der Waals surface area contributed by atoms with E-state index in [1.165, 1.54) is 6.92 Å². The quantitative estimate of drug-likeness (QED) is 0.676. The van der Waals surface area contributed by atoms with E-state index in [0.717, 1.165) is 48.8 Å². The zero-order valence-corrected chi connectivity index (χ0v) is 16.8. The molecule has 0 spiro atoms. The Balaban J connectivity index is 1.59. The number of piperazine rings is 1. The van der Waals surface area contributed by atoms with Crippen molar-refractivity contribution in [3.63, 3.8) is 0 Å². The fraction of sp³-hybridized carbons (Fsp3) is 0.438. The molecule has 146 valence electrons. The van der Waals surface area contributed by atoms with Crippen LogP contribution in [0.25, 0.3) is 0 Å². The van der Waals surface area contributed by atoms with Crippen molar-refractivity contribution in [3.8, 4) is 0 Å². The Kier molecular flexibility index (Phi) is 6.05. The Bertz CT molecular complexity index is 889. The van der Waals surface area contributed by atoms with Crippen LogP contribution in [0.3, 0.4) is 0 Å². The average Bonchev–Trinajstić information content (AvgIpc) is 3.10. The lowest BCUT2D eigenvalue weighted by molar-refractivity contribution is -0.114. The monoisotopic (exact) mass is 410 g/mol. The predicted molar refractivity (Wildman–Crippen MR) is 104 cm³/mol. The summed E-state index contributed by atoms with van der Waals surface area (Å²) in [6, 6.07) is 7.85. The molecule has 0 aliphatic carbocycles. The number of rotatable bonds is 6. The molecule has 11 heteroatoms. The van der Waals surface area contributed by atoms with Gasteiger partial charge in [-0.15, -0.1) is 10.2 Å². The van der Waals surface area contributed by atoms with Gasteiger partial charge in [0.15, 0.2) is 0 Å². The van der Waals surface area contributed by atoms with E-state index < -0.39 is 10.0 Å². The van der Waals surface area contributed by atoms with E-state index in [2.05, 4.69) is 37.1 Å². The van der Waals surface area contributed by atoms with Crippen molar-refractivity contribution in [1.29, 1.82) is 0 Å². The van der Waals surface area contributed by atoms with E-state index in [4.69, 9.17) is 0 Å². The molecule has 0 bridgehead atoms. The molecular weight excluding hydrogens is 388 g/mol. The molecule has 9 nitrogen and oxygen atoms in total. The second-order valence-corrected chi connectivity index (χ2v) is 9.25. The minimum absolute atomic E-state index is 0.152. The highest BCUT2D eigenvalue weighted by Gasteiger charge is 2.20. The summed E-state index contributed by atoms with van der Waals surface area (Å²) in [5, 5.41) is 9.85. The smallest absolute Gasteiger partial charge is 0.270 e. The zero-order chi connectivity index (χ0) is 19.4. The van der Waals surface area contributed by atoms with Gasteiger partial charge in [0.1, 0.15) is 0 Å². The maximum absolute atomic E-state index is 12.3. The zero-order valence-electron chi connectivity index (χ0n) is 15.2. The first-order valence-electron chi connectivity index (χ1n) is 8.47. The van der Waals surface area contributed by atoms with Crippen molar-refractivity contribution in [2.75, 3.05) is 43.4 Å². The fourth-order valence-electron chi connectivity index (χ4n) is 2.65. The largest absolute Gasteiger partial charge is 0.369 e. The lowest BCUT2D eigenvalue weighted by Gasteiger charge is -2.34. The van der Waals surface area contributed by atoms with Crippen molar-refractivity contribution in [1.82, 2.24) is 19.8 Å². The van der Waals surface area contributed by atoms with Gasteiger partial charge in [0.25, 0.3) is 10.0 Å². The van der Waals surface area contributed by atoms with Crippen LogP contribution in [-0.2, 0) is 21.4 Å². The standard InChI is InChI=1S/C16H22N6O3S2/c1-12(23)18-15-19-20-16(26-15)27(24,25)17-11-13-3-5-14(6-4-13)22-9-7-21(2)8-10-22/h3-6,17H,7-11H2,1-2H3,(H,18,19,23). The second kappa shape index (κ2) is 8.30. The number of anilines is 2. The first kappa shape index (κ1) is 19.7. The summed E-state index contributed by atoms with van der Waals surface area (Å²) in [6.07, 6.45) is 0. The van der Waals surface area contributed by atoms with Crippen LogP contribution in [0.5, 0.6) is 0 Å². The van der Waals surface area contributed by atoms with E-state index in [0.29, 0.717) is 0 Å². The second-order valence-electron chi connectivity index (χ2n) is 6.34. The molecule has 2 N–H and O–H groups in total. The van der Waals surface area contributed by atoms with Gasteiger partial charge >= 0.3 is 0 Å². The van der Waals surface area contributed by atoms with Crippen LogP contribution in [0.1, 0.15) is 12.5 Å². The van der Waals surface area contributed by atoms with E-state index in [9.17, 15) is 13.2 Å². The highest BCUT2D eigenvalue weighted by molar-refractivity contribution is 7.91. The molecule has 1 saturated heterocycles. The third kappa shape index (κ3) is 5.22. The number of aromatic nitrogens is 2. The number of likely N-dealkylation sites (N-methyl/N-ethyl adjacent to an activating group) is 1. The molecule has 2 heterocycles. The minimum atomic E-state index is -3.78. The van der Waals surface area contributed by atoms with Crippen molar-refractivity contribution in [2.45, 2.75) is 17.8 Å². The molecule has 0 atom stereocenters. The van der Waals surface area contributed by atoms with Crippen molar-refractivity contribution in [3.05, 3.63) is 29.8 Å². The Morgan fingerprint density at radius 2 is 1.81 bits per heavy atom. The number of hydrogen-bond acceptors (Lipinski definition) is 8. The van der Waals surface area contributed by atoms with Gasteiger partial charge in [-0.1, -0.05) is 23.5 Å². The third-order valence-corrected chi connectivity index (χ3v) is 6.80. The molecule has 1 aliphatic heterocycles. The number of nitrogens with zero attached hydrogens (tertiary/aromatic N) is 4. The van der Waals surface area contributed by atoms with E-state index in [1.54, 1.807) is 0 Å². The maximum Gasteiger partial charge on any atom is 0.270 e. The summed E-state index contributed by atoms with van der Waals surface area (Å²) < 4.78 is 27.0. The van der Waals surface area contributed by atoms with Gasteiger partial charge in [-0.25, -0.2) is 13.1 Å². The Morgan fingerprint density at radius 3 is 2.44 bits per heavy atom. The summed E-state index contributed by atoms with van der Waals surface area (Å²) in [6.45, 7) is 5.50. The van der Waals surface area contributed by atoms with E-state index >= 15 is 0 Å². The molecule has 0 saturated carbocycles. The summed E-state index contributed by atoms with van der Waals surface area (Å²) in [5.41, 5.74) is 1.99. The highest BCUT2D eigenvalue weighted by atomic mass is 32.2. The van der Waals surface area contributed by atoms with E-state index in [1.807, 2.05) is 24.3 Å². The molecule has 27 heavy (non-hydrogen) atoms. The van der Waals surface area contributed by atoms with Crippen LogP contribution in [-0.4, -0.2) is 62.6 Å². The van der Waals surface area contributed by atoms with Crippen LogP contribution in [0.2, 0.25) is 0 Å². The van der Waals surface area contributed by atoms with Gasteiger partial charge < -0.3 is 15.1 Å². The van der Waals surface area contributed by atoms with Crippen molar-refractivity contribution in [2.24, 2.45) is 0 Å². The SMILES string of the molecule is CC(=O)Nc1nnc(S(=O)(=O)NCc2ccc(N3CCN(C)CC3)cc2)s1. The van der Waals surface area contributed by atoms with Crippen LogP contribution >= 0.6 is 11.3 Å². The lowest BCUT2D eigenvalue weighted by Crippen LogP contribution is -2.44. The summed E-state index contributed by atoms with van der Waals surface area (Å²) >= 11 is 0.809. The summed E-state index contributed by atoms with van der Waals surface area (Å²) in [4.78, 5) is 15.6. The normalized spacial score (nSPS) is 15.7. The van der Waals surface area contributed by atoms with Crippen LogP contribution < -0.4 is 14.9 Å². The molecule has 1 fully saturated rings. The summed E-state index contributed by atoms with van der Waals surface area (Å²) in [5.74, 6) is -0.330. The van der Waals surface area contributed by atoms with Crippen molar-refractivity contribution < 1.29 is 13.2 Å². The Hall–Kier alpha value is -2.08. The number of benzene rings is 1. The molecular formula is C16H22N6O3S2. The number of nitrogens with one attached hydrogen (secondary N) is 2. The fourth-order valence-corrected chi connectivity index (χ4v) is 4.65. The first-order valence-corrected chi connectivity index (χ1v) is 10.8. The number of sulfonamides is 1. The molecule has 1 aromatic heterocycles. The molecule has 0 radical (unpaired) electrons. The van der Waals surface area contributed by atoms with E-state index in [-0.39, 0.29) is 21.9 Å². The van der Waals surface area contributed by atoms with Crippen LogP contribution in [0.4, 0.5) is 10.8 Å². The van der Waals surface area contributed by atoms with Gasteiger partial charge in [0, 0.05) is 45.3 Å². The Labute approximate surface area is 162 Å². The third-order valence-electron chi connectivity index (χ3n) is 4.19. The number of carbonyl (C=O) groups is 1. The molecule has 1 amide bonds. The number of hydrogen-bond donors (Lipinski definition) is 2. The number of amides is 1. The average molecular weight is 411 g/mol. The topological polar surface area (TPSA) is 108 Å². The van der Waals surface area contributed by atoms with Gasteiger partial charge in [0.2, 0.25) is 15.4 Å². The maximum atomic E-state index is 12.3. The molecule has 0 unspecified atom stereocenters. The van der Waals surface area contributed by atoms with Gasteiger partial charge in [-0.2, -0.15) is 0 Å². The van der Waals surface area contributed by atoms with Crippen molar-refractivity contribution >= 4 is 38.1 Å². The highest BCUT2D eigenvalue weighted by Crippen LogP contribution is 2.20. The van der Waals surface area contributed by atoms with Gasteiger partial charge in [-0.3, -0.25) is 4.79 Å². The van der Waals surface area contributed by atoms with Crippen LogP contribution in [0.15, 0.2) is 28.6 Å². The lowest BCUT2D eigenvalue weighted by atomic mass is 10.2. The van der Waals surface area contributed by atoms with Gasteiger partial charge in [-0.05, 0) is 24.7 Å². The Morgan fingerprint density at radius 1 is 1.15 bits per heavy atom.